The van der Waals surface area contributed by atoms with E-state index in [1.54, 1.807) is 13.0 Å². The lowest BCUT2D eigenvalue weighted by molar-refractivity contribution is -0.142. The van der Waals surface area contributed by atoms with E-state index in [9.17, 15) is 9.59 Å². The van der Waals surface area contributed by atoms with Crippen molar-refractivity contribution in [3.05, 3.63) is 77.2 Å². The van der Waals surface area contributed by atoms with Crippen molar-refractivity contribution in [1.82, 2.24) is 0 Å². The normalized spacial score (nSPS) is 11.8. The predicted octanol–water partition coefficient (Wildman–Crippen LogP) is 6.08. The van der Waals surface area contributed by atoms with Crippen molar-refractivity contribution in [3.63, 3.8) is 0 Å². The lowest BCUT2D eigenvalue weighted by Crippen LogP contribution is -2.16. The summed E-state index contributed by atoms with van der Waals surface area (Å²) in [6.45, 7) is 7.73. The average molecular weight is 435 g/mol. The molecule has 2 aromatic carbocycles. The van der Waals surface area contributed by atoms with Crippen molar-refractivity contribution < 1.29 is 18.7 Å². The van der Waals surface area contributed by atoms with Crippen LogP contribution in [0, 0.1) is 0 Å². The minimum atomic E-state index is -0.452. The van der Waals surface area contributed by atoms with Gasteiger partial charge in [-0.15, -0.1) is 0 Å². The Balaban J connectivity index is 1.68. The predicted molar refractivity (Wildman–Crippen MR) is 127 cm³/mol. The molecule has 0 spiro atoms. The van der Waals surface area contributed by atoms with Gasteiger partial charge in [-0.2, -0.15) is 0 Å². The van der Waals surface area contributed by atoms with Crippen LogP contribution in [0.1, 0.15) is 45.1 Å². The highest BCUT2D eigenvalue weighted by molar-refractivity contribution is 5.83. The molecule has 0 amide bonds. The van der Waals surface area contributed by atoms with Gasteiger partial charge >= 0.3 is 11.6 Å². The van der Waals surface area contributed by atoms with Gasteiger partial charge in [-0.05, 0) is 49.1 Å². The summed E-state index contributed by atoms with van der Waals surface area (Å²) in [6, 6.07) is 15.4. The van der Waals surface area contributed by atoms with Crippen molar-refractivity contribution in [2.75, 3.05) is 6.61 Å². The lowest BCUT2D eigenvalue weighted by atomic mass is 10.0. The number of esters is 1. The van der Waals surface area contributed by atoms with E-state index in [-0.39, 0.29) is 11.7 Å². The lowest BCUT2D eigenvalue weighted by Gasteiger charge is -2.13. The number of carbonyl (C=O) groups excluding carboxylic acids is 1. The Kier molecular flexibility index (Phi) is 8.26. The van der Waals surface area contributed by atoms with Crippen LogP contribution in [0.25, 0.3) is 22.1 Å². The molecule has 0 bridgehead atoms. The molecule has 0 radical (unpaired) electrons. The Morgan fingerprint density at radius 2 is 1.91 bits per heavy atom. The first kappa shape index (κ1) is 23.3. The van der Waals surface area contributed by atoms with Gasteiger partial charge in [0.2, 0.25) is 0 Å². The number of aryl methyl sites for hydroxylation is 1. The molecule has 0 saturated heterocycles. The molecule has 1 unspecified atom stereocenters. The molecule has 0 N–H and O–H groups in total. The zero-order valence-corrected chi connectivity index (χ0v) is 18.8. The van der Waals surface area contributed by atoms with Gasteiger partial charge in [0.15, 0.2) is 0 Å². The molecule has 3 aromatic rings. The Bertz CT molecular complexity index is 1110. The molecule has 5 nitrogen and oxygen atoms in total. The van der Waals surface area contributed by atoms with Gasteiger partial charge in [0.05, 0.1) is 12.2 Å². The van der Waals surface area contributed by atoms with E-state index in [0.717, 1.165) is 23.4 Å². The van der Waals surface area contributed by atoms with E-state index >= 15 is 0 Å². The largest absolute Gasteiger partial charge is 0.493 e. The quantitative estimate of drug-likeness (QED) is 0.158. The second-order valence-corrected chi connectivity index (χ2v) is 7.89. The minimum absolute atomic E-state index is 0.278. The average Bonchev–Trinajstić information content (AvgIpc) is 2.79. The van der Waals surface area contributed by atoms with E-state index in [4.69, 9.17) is 13.9 Å². The molecule has 5 heteroatoms. The van der Waals surface area contributed by atoms with E-state index in [1.165, 1.54) is 24.8 Å². The molecule has 3 rings (SSSR count). The van der Waals surface area contributed by atoms with Crippen LogP contribution in [0.3, 0.4) is 0 Å². The Labute approximate surface area is 188 Å². The number of fused-ring (bicyclic) bond motifs is 1. The molecule has 32 heavy (non-hydrogen) atoms. The van der Waals surface area contributed by atoms with Crippen LogP contribution in [-0.4, -0.2) is 18.7 Å². The van der Waals surface area contributed by atoms with Crippen LogP contribution in [0.4, 0.5) is 0 Å². The number of rotatable bonds is 11. The topological polar surface area (TPSA) is 65.7 Å². The first-order valence-electron chi connectivity index (χ1n) is 11.1. The van der Waals surface area contributed by atoms with Crippen LogP contribution < -0.4 is 10.4 Å². The molecule has 0 fully saturated rings. The highest BCUT2D eigenvalue weighted by atomic mass is 16.5. The van der Waals surface area contributed by atoms with Gasteiger partial charge < -0.3 is 13.9 Å². The molecule has 0 aliphatic heterocycles. The van der Waals surface area contributed by atoms with Crippen molar-refractivity contribution in [2.24, 2.45) is 0 Å². The second-order valence-electron chi connectivity index (χ2n) is 7.89. The SMILES string of the molecule is C=CC(=O)OC(C)CCOc1ccc2cc(-c3ccc(CCCCC)cc3)c(=O)oc2c1. The standard InChI is InChI=1S/C27H30O5/c1-4-6-7-8-20-9-11-21(12-10-20)24-17-22-13-14-23(18-25(22)32-27(24)29)30-16-15-19(3)31-26(28)5-2/h5,9-14,17-19H,2,4,6-8,15-16H2,1,3H3. The Morgan fingerprint density at radius 1 is 1.12 bits per heavy atom. The fourth-order valence-electron chi connectivity index (χ4n) is 3.46. The van der Waals surface area contributed by atoms with Crippen LogP contribution in [-0.2, 0) is 16.0 Å². The summed E-state index contributed by atoms with van der Waals surface area (Å²) < 4.78 is 16.4. The highest BCUT2D eigenvalue weighted by Crippen LogP contribution is 2.25. The number of carbonyl (C=O) groups is 1. The summed E-state index contributed by atoms with van der Waals surface area (Å²) in [4.78, 5) is 23.8. The van der Waals surface area contributed by atoms with E-state index < -0.39 is 5.97 Å². The molecular weight excluding hydrogens is 404 g/mol. The molecule has 0 aliphatic carbocycles. The maximum Gasteiger partial charge on any atom is 0.344 e. The van der Waals surface area contributed by atoms with Crippen LogP contribution >= 0.6 is 0 Å². The number of benzene rings is 2. The second kappa shape index (κ2) is 11.3. The fourth-order valence-corrected chi connectivity index (χ4v) is 3.46. The Hall–Kier alpha value is -3.34. The molecule has 0 aliphatic rings. The zero-order chi connectivity index (χ0) is 22.9. The summed E-state index contributed by atoms with van der Waals surface area (Å²) >= 11 is 0. The number of ether oxygens (including phenoxy) is 2. The van der Waals surface area contributed by atoms with Crippen LogP contribution in [0.2, 0.25) is 0 Å². The third-order valence-electron chi connectivity index (χ3n) is 5.32. The highest BCUT2D eigenvalue weighted by Gasteiger charge is 2.10. The van der Waals surface area contributed by atoms with Crippen molar-refractivity contribution >= 4 is 16.9 Å². The number of unbranched alkanes of at least 4 members (excludes halogenated alkanes) is 2. The first-order valence-corrected chi connectivity index (χ1v) is 11.1. The van der Waals surface area contributed by atoms with E-state index in [2.05, 4.69) is 25.6 Å². The van der Waals surface area contributed by atoms with Crippen molar-refractivity contribution in [1.29, 1.82) is 0 Å². The summed E-state index contributed by atoms with van der Waals surface area (Å²) in [6.07, 6.45) is 6.06. The van der Waals surface area contributed by atoms with Gasteiger partial charge in [-0.3, -0.25) is 0 Å². The van der Waals surface area contributed by atoms with Gasteiger partial charge in [-0.1, -0.05) is 50.6 Å². The molecule has 1 heterocycles. The van der Waals surface area contributed by atoms with Gasteiger partial charge in [0, 0.05) is 23.9 Å². The maximum atomic E-state index is 12.6. The third kappa shape index (κ3) is 6.33. The third-order valence-corrected chi connectivity index (χ3v) is 5.32. The van der Waals surface area contributed by atoms with Gasteiger partial charge in [-0.25, -0.2) is 9.59 Å². The van der Waals surface area contributed by atoms with Crippen LogP contribution in [0.15, 0.2) is 70.4 Å². The van der Waals surface area contributed by atoms with E-state index in [1.807, 2.05) is 30.3 Å². The summed E-state index contributed by atoms with van der Waals surface area (Å²) in [5.41, 5.74) is 2.77. The summed E-state index contributed by atoms with van der Waals surface area (Å²) in [7, 11) is 0. The molecule has 1 atom stereocenters. The van der Waals surface area contributed by atoms with E-state index in [0.29, 0.717) is 29.9 Å². The van der Waals surface area contributed by atoms with Crippen molar-refractivity contribution in [2.45, 2.75) is 52.1 Å². The minimum Gasteiger partial charge on any atom is -0.493 e. The smallest absolute Gasteiger partial charge is 0.344 e. The zero-order valence-electron chi connectivity index (χ0n) is 18.8. The van der Waals surface area contributed by atoms with Gasteiger partial charge in [0.1, 0.15) is 17.4 Å². The van der Waals surface area contributed by atoms with Crippen LogP contribution in [0.5, 0.6) is 5.75 Å². The number of hydrogen-bond acceptors (Lipinski definition) is 5. The molecular formula is C27H30O5. The summed E-state index contributed by atoms with van der Waals surface area (Å²) in [5.74, 6) is 0.138. The molecule has 168 valence electrons. The fraction of sp³-hybridized carbons (Fsp3) is 0.333. The Morgan fingerprint density at radius 3 is 2.62 bits per heavy atom. The first-order chi connectivity index (χ1) is 15.5. The maximum absolute atomic E-state index is 12.6. The molecule has 1 aromatic heterocycles. The molecule has 0 saturated carbocycles. The monoisotopic (exact) mass is 434 g/mol. The van der Waals surface area contributed by atoms with Crippen molar-refractivity contribution in [3.8, 4) is 16.9 Å². The summed E-state index contributed by atoms with van der Waals surface area (Å²) in [5, 5.41) is 0.826. The van der Waals surface area contributed by atoms with Gasteiger partial charge in [0.25, 0.3) is 0 Å². The number of hydrogen-bond donors (Lipinski definition) is 0.